The third kappa shape index (κ3) is 2.26. The number of ether oxygens (including phenoxy) is 1. The van der Waals surface area contributed by atoms with E-state index < -0.39 is 6.10 Å². The van der Waals surface area contributed by atoms with Crippen LogP contribution in [0.1, 0.15) is 49.6 Å². The zero-order valence-corrected chi connectivity index (χ0v) is 10.8. The molecular formula is C13H19NO2S. The number of hydrogen-bond acceptors (Lipinski definition) is 4. The average Bonchev–Trinajstić information content (AvgIpc) is 3.00. The number of aromatic nitrogens is 1. The Bertz CT molecular complexity index is 360. The Morgan fingerprint density at radius 1 is 1.47 bits per heavy atom. The molecule has 1 saturated heterocycles. The van der Waals surface area contributed by atoms with Crippen LogP contribution in [0, 0.1) is 5.92 Å². The van der Waals surface area contributed by atoms with Crippen molar-refractivity contribution in [2.24, 2.45) is 5.92 Å². The topological polar surface area (TPSA) is 42.4 Å². The van der Waals surface area contributed by atoms with E-state index in [0.29, 0.717) is 5.92 Å². The van der Waals surface area contributed by atoms with Gasteiger partial charge in [0.1, 0.15) is 11.1 Å². The van der Waals surface area contributed by atoms with Gasteiger partial charge in [0.15, 0.2) is 0 Å². The molecule has 0 bridgehead atoms. The van der Waals surface area contributed by atoms with Gasteiger partial charge in [0.25, 0.3) is 0 Å². The summed E-state index contributed by atoms with van der Waals surface area (Å²) in [6, 6.07) is 0. The summed E-state index contributed by atoms with van der Waals surface area (Å²) in [4.78, 5) is 4.23. The molecule has 2 heterocycles. The highest BCUT2D eigenvalue weighted by Crippen LogP contribution is 2.45. The average molecular weight is 253 g/mol. The molecule has 1 spiro atoms. The summed E-state index contributed by atoms with van der Waals surface area (Å²) < 4.78 is 6.00. The van der Waals surface area contributed by atoms with Gasteiger partial charge in [-0.2, -0.15) is 0 Å². The van der Waals surface area contributed by atoms with Gasteiger partial charge in [-0.1, -0.05) is 12.8 Å². The van der Waals surface area contributed by atoms with Crippen LogP contribution in [0.2, 0.25) is 0 Å². The minimum atomic E-state index is -0.392. The maximum atomic E-state index is 10.4. The van der Waals surface area contributed by atoms with Gasteiger partial charge >= 0.3 is 0 Å². The standard InChI is InChI=1S/C13H19NO2S/c15-11(12-14-6-8-17-12)10-3-7-16-13(9-10)4-1-2-5-13/h6,8,10-11,15H,1-5,7,9H2. The normalized spacial score (nSPS) is 29.6. The summed E-state index contributed by atoms with van der Waals surface area (Å²) in [5, 5.41) is 13.2. The quantitative estimate of drug-likeness (QED) is 0.881. The van der Waals surface area contributed by atoms with E-state index >= 15 is 0 Å². The Morgan fingerprint density at radius 2 is 2.29 bits per heavy atom. The van der Waals surface area contributed by atoms with Crippen LogP contribution in [0.4, 0.5) is 0 Å². The van der Waals surface area contributed by atoms with Gasteiger partial charge in [-0.25, -0.2) is 4.98 Å². The first kappa shape index (κ1) is 11.6. The maximum absolute atomic E-state index is 10.4. The van der Waals surface area contributed by atoms with Gasteiger partial charge in [0.05, 0.1) is 5.60 Å². The van der Waals surface area contributed by atoms with Crippen molar-refractivity contribution >= 4 is 11.3 Å². The molecule has 17 heavy (non-hydrogen) atoms. The summed E-state index contributed by atoms with van der Waals surface area (Å²) in [6.07, 6.45) is 8.25. The van der Waals surface area contributed by atoms with E-state index in [4.69, 9.17) is 4.74 Å². The largest absolute Gasteiger partial charge is 0.386 e. The highest BCUT2D eigenvalue weighted by Gasteiger charge is 2.42. The van der Waals surface area contributed by atoms with Crippen molar-refractivity contribution in [1.29, 1.82) is 0 Å². The maximum Gasteiger partial charge on any atom is 0.121 e. The Morgan fingerprint density at radius 3 is 3.00 bits per heavy atom. The summed E-state index contributed by atoms with van der Waals surface area (Å²) in [5.74, 6) is 0.327. The molecule has 2 aliphatic rings. The van der Waals surface area contributed by atoms with Crippen molar-refractivity contribution in [1.82, 2.24) is 4.98 Å². The van der Waals surface area contributed by atoms with Gasteiger partial charge in [-0.3, -0.25) is 0 Å². The van der Waals surface area contributed by atoms with E-state index in [2.05, 4.69) is 4.98 Å². The Kier molecular flexibility index (Phi) is 3.19. The number of thiazole rings is 1. The van der Waals surface area contributed by atoms with Crippen LogP contribution in [0.25, 0.3) is 0 Å². The fourth-order valence-corrected chi connectivity index (χ4v) is 4.00. The smallest absolute Gasteiger partial charge is 0.121 e. The van der Waals surface area contributed by atoms with Crippen molar-refractivity contribution < 1.29 is 9.84 Å². The molecule has 4 heteroatoms. The van der Waals surface area contributed by atoms with Gasteiger partial charge < -0.3 is 9.84 Å². The highest BCUT2D eigenvalue weighted by molar-refractivity contribution is 7.09. The van der Waals surface area contributed by atoms with Crippen LogP contribution >= 0.6 is 11.3 Å². The lowest BCUT2D eigenvalue weighted by atomic mass is 9.82. The minimum Gasteiger partial charge on any atom is -0.386 e. The SMILES string of the molecule is OC(c1nccs1)C1CCOC2(CCCC2)C1. The van der Waals surface area contributed by atoms with E-state index in [1.165, 1.54) is 25.7 Å². The molecular weight excluding hydrogens is 234 g/mol. The minimum absolute atomic E-state index is 0.0845. The molecule has 0 aromatic carbocycles. The first-order chi connectivity index (χ1) is 8.29. The van der Waals surface area contributed by atoms with Crippen LogP contribution in [0.5, 0.6) is 0 Å². The monoisotopic (exact) mass is 253 g/mol. The lowest BCUT2D eigenvalue weighted by molar-refractivity contribution is -0.113. The first-order valence-electron chi connectivity index (χ1n) is 6.51. The molecule has 1 saturated carbocycles. The Labute approximate surface area is 106 Å². The Hall–Kier alpha value is -0.450. The van der Waals surface area contributed by atoms with Crippen LogP contribution in [0.15, 0.2) is 11.6 Å². The lowest BCUT2D eigenvalue weighted by Gasteiger charge is -2.39. The van der Waals surface area contributed by atoms with Crippen LogP contribution in [0.3, 0.4) is 0 Å². The number of aliphatic hydroxyl groups is 1. The van der Waals surface area contributed by atoms with Gasteiger partial charge in [-0.15, -0.1) is 11.3 Å². The first-order valence-corrected chi connectivity index (χ1v) is 7.38. The number of aliphatic hydroxyl groups excluding tert-OH is 1. The highest BCUT2D eigenvalue weighted by atomic mass is 32.1. The van der Waals surface area contributed by atoms with Crippen molar-refractivity contribution in [3.05, 3.63) is 16.6 Å². The molecule has 2 fully saturated rings. The molecule has 3 rings (SSSR count). The summed E-state index contributed by atoms with van der Waals surface area (Å²) >= 11 is 1.55. The van der Waals surface area contributed by atoms with Crippen molar-refractivity contribution in [3.8, 4) is 0 Å². The second kappa shape index (κ2) is 4.67. The molecule has 2 atom stereocenters. The number of hydrogen-bond donors (Lipinski definition) is 1. The molecule has 1 aromatic rings. The molecule has 94 valence electrons. The molecule has 3 nitrogen and oxygen atoms in total. The van der Waals surface area contributed by atoms with E-state index in [1.807, 2.05) is 5.38 Å². The zero-order chi connectivity index (χ0) is 11.7. The van der Waals surface area contributed by atoms with Crippen molar-refractivity contribution in [2.75, 3.05) is 6.61 Å². The third-order valence-electron chi connectivity index (χ3n) is 4.20. The van der Waals surface area contributed by atoms with Crippen molar-refractivity contribution in [2.45, 2.75) is 50.2 Å². The molecule has 1 N–H and O–H groups in total. The molecule has 1 aliphatic heterocycles. The molecule has 1 aromatic heterocycles. The predicted octanol–water partition coefficient (Wildman–Crippen LogP) is 2.92. The van der Waals surface area contributed by atoms with Crippen LogP contribution in [-0.2, 0) is 4.74 Å². The van der Waals surface area contributed by atoms with Crippen LogP contribution in [-0.4, -0.2) is 22.3 Å². The summed E-state index contributed by atoms with van der Waals surface area (Å²) in [6.45, 7) is 0.799. The van der Waals surface area contributed by atoms with Gasteiger partial charge in [0, 0.05) is 18.2 Å². The Balaban J connectivity index is 1.71. The van der Waals surface area contributed by atoms with E-state index in [1.54, 1.807) is 17.5 Å². The molecule has 0 amide bonds. The zero-order valence-electron chi connectivity index (χ0n) is 9.97. The van der Waals surface area contributed by atoms with Gasteiger partial charge in [-0.05, 0) is 31.6 Å². The van der Waals surface area contributed by atoms with Gasteiger partial charge in [0.2, 0.25) is 0 Å². The van der Waals surface area contributed by atoms with E-state index in [-0.39, 0.29) is 5.60 Å². The third-order valence-corrected chi connectivity index (χ3v) is 5.04. The predicted molar refractivity (Wildman–Crippen MR) is 66.9 cm³/mol. The molecule has 2 unspecified atom stereocenters. The van der Waals surface area contributed by atoms with Crippen LogP contribution < -0.4 is 0 Å². The molecule has 1 aliphatic carbocycles. The fraction of sp³-hybridized carbons (Fsp3) is 0.769. The summed E-state index contributed by atoms with van der Waals surface area (Å²) in [7, 11) is 0. The number of nitrogens with zero attached hydrogens (tertiary/aromatic N) is 1. The molecule has 0 radical (unpaired) electrons. The number of rotatable bonds is 2. The second-order valence-corrected chi connectivity index (χ2v) is 6.23. The van der Waals surface area contributed by atoms with E-state index in [0.717, 1.165) is 24.5 Å². The van der Waals surface area contributed by atoms with E-state index in [9.17, 15) is 5.11 Å². The van der Waals surface area contributed by atoms with Crippen molar-refractivity contribution in [3.63, 3.8) is 0 Å². The fourth-order valence-electron chi connectivity index (χ4n) is 3.29. The lowest BCUT2D eigenvalue weighted by Crippen LogP contribution is -2.39. The second-order valence-electron chi connectivity index (χ2n) is 5.31. The summed E-state index contributed by atoms with van der Waals surface area (Å²) in [5.41, 5.74) is 0.0845.